The van der Waals surface area contributed by atoms with Gasteiger partial charge in [-0.3, -0.25) is 0 Å². The summed E-state index contributed by atoms with van der Waals surface area (Å²) in [7, 11) is 0. The minimum absolute atomic E-state index is 0.0603. The second-order valence-corrected chi connectivity index (χ2v) is 6.38. The summed E-state index contributed by atoms with van der Waals surface area (Å²) in [6.45, 7) is 0. The molecule has 0 aliphatic carbocycles. The van der Waals surface area contributed by atoms with Crippen molar-refractivity contribution in [2.45, 2.75) is 6.18 Å². The minimum Gasteiger partial charge on any atom is -0.166 e. The molecular weight excluding hydrogens is 361 g/mol. The molecule has 0 nitrogen and oxygen atoms in total. The van der Waals surface area contributed by atoms with E-state index in [2.05, 4.69) is 15.9 Å². The van der Waals surface area contributed by atoms with E-state index in [-0.39, 0.29) is 9.17 Å². The van der Waals surface area contributed by atoms with Gasteiger partial charge in [-0.1, -0.05) is 39.7 Å². The number of hydrogen-bond donors (Lipinski definition) is 0. The third-order valence-electron chi connectivity index (χ3n) is 2.84. The quantitative estimate of drug-likeness (QED) is 0.427. The van der Waals surface area contributed by atoms with E-state index in [1.807, 2.05) is 0 Å². The van der Waals surface area contributed by atoms with Gasteiger partial charge in [-0.2, -0.15) is 13.2 Å². The monoisotopic (exact) mass is 364 g/mol. The van der Waals surface area contributed by atoms with Crippen molar-refractivity contribution >= 4 is 59.0 Å². The fraction of sp³-hybridized carbons (Fsp3) is 0.0769. The molecule has 0 saturated heterocycles. The van der Waals surface area contributed by atoms with Gasteiger partial charge in [0.1, 0.15) is 0 Å². The van der Waals surface area contributed by atoms with Crippen molar-refractivity contribution in [1.29, 1.82) is 0 Å². The highest BCUT2D eigenvalue weighted by Crippen LogP contribution is 2.45. The fourth-order valence-electron chi connectivity index (χ4n) is 2.05. The summed E-state index contributed by atoms with van der Waals surface area (Å²) in [5.74, 6) is 0. The molecule has 0 spiro atoms. The van der Waals surface area contributed by atoms with Crippen LogP contribution < -0.4 is 0 Å². The van der Waals surface area contributed by atoms with E-state index in [4.69, 9.17) is 11.6 Å². The zero-order valence-corrected chi connectivity index (χ0v) is 12.3. The van der Waals surface area contributed by atoms with Crippen molar-refractivity contribution in [3.8, 4) is 0 Å². The molecule has 0 bridgehead atoms. The van der Waals surface area contributed by atoms with Gasteiger partial charge in [-0.15, -0.1) is 11.3 Å². The Kier molecular flexibility index (Phi) is 3.04. The highest BCUT2D eigenvalue weighted by atomic mass is 79.9. The Balaban J connectivity index is 2.50. The van der Waals surface area contributed by atoms with Crippen molar-refractivity contribution in [2.75, 3.05) is 0 Å². The molecule has 2 aromatic carbocycles. The van der Waals surface area contributed by atoms with Gasteiger partial charge in [0.2, 0.25) is 0 Å². The summed E-state index contributed by atoms with van der Waals surface area (Å²) in [5, 5.41) is 1.92. The first kappa shape index (κ1) is 13.2. The van der Waals surface area contributed by atoms with E-state index in [0.717, 1.165) is 21.4 Å². The summed E-state index contributed by atoms with van der Waals surface area (Å²) in [4.78, 5) is 0. The standard InChI is InChI=1S/C13H5BrClF3S/c14-9-4-3-8-7-2-1-6(15)5-10(7)19-12(8)11(9)13(16,17)18/h1-5H. The molecule has 0 aliphatic rings. The average molecular weight is 366 g/mol. The van der Waals surface area contributed by atoms with E-state index in [0.29, 0.717) is 10.4 Å². The predicted molar refractivity (Wildman–Crippen MR) is 77.0 cm³/mol. The Hall–Kier alpha value is -0.780. The van der Waals surface area contributed by atoms with Gasteiger partial charge in [-0.25, -0.2) is 0 Å². The topological polar surface area (TPSA) is 0 Å². The van der Waals surface area contributed by atoms with Crippen LogP contribution in [0.25, 0.3) is 20.2 Å². The van der Waals surface area contributed by atoms with E-state index >= 15 is 0 Å². The van der Waals surface area contributed by atoms with Gasteiger partial charge in [-0.05, 0) is 18.2 Å². The smallest absolute Gasteiger partial charge is 0.166 e. The third kappa shape index (κ3) is 2.14. The molecule has 19 heavy (non-hydrogen) atoms. The van der Waals surface area contributed by atoms with Crippen LogP contribution in [0.3, 0.4) is 0 Å². The second-order valence-electron chi connectivity index (χ2n) is 4.04. The number of halogens is 5. The molecule has 0 atom stereocenters. The first-order valence-electron chi connectivity index (χ1n) is 5.25. The molecule has 6 heteroatoms. The lowest BCUT2D eigenvalue weighted by atomic mass is 10.1. The summed E-state index contributed by atoms with van der Waals surface area (Å²) in [5.41, 5.74) is -0.623. The predicted octanol–water partition coefficient (Wildman–Crippen LogP) is 6.49. The maximum Gasteiger partial charge on any atom is 0.418 e. The molecule has 0 aliphatic heterocycles. The zero-order valence-electron chi connectivity index (χ0n) is 9.18. The van der Waals surface area contributed by atoms with Crippen LogP contribution in [0.5, 0.6) is 0 Å². The molecule has 0 fully saturated rings. The lowest BCUT2D eigenvalue weighted by Crippen LogP contribution is -2.05. The highest BCUT2D eigenvalue weighted by Gasteiger charge is 2.36. The van der Waals surface area contributed by atoms with Gasteiger partial charge in [0.15, 0.2) is 0 Å². The summed E-state index contributed by atoms with van der Waals surface area (Å²) in [6, 6.07) is 8.26. The van der Waals surface area contributed by atoms with Crippen LogP contribution in [0.1, 0.15) is 5.56 Å². The van der Waals surface area contributed by atoms with Crippen LogP contribution in [-0.2, 0) is 6.18 Å². The second kappa shape index (κ2) is 4.36. The molecule has 3 rings (SSSR count). The third-order valence-corrected chi connectivity index (χ3v) is 4.92. The van der Waals surface area contributed by atoms with Crippen LogP contribution in [0.2, 0.25) is 5.02 Å². The Bertz CT molecular complexity index is 792. The van der Waals surface area contributed by atoms with Crippen molar-refractivity contribution in [3.63, 3.8) is 0 Å². The van der Waals surface area contributed by atoms with Crippen LogP contribution >= 0.6 is 38.9 Å². The molecule has 1 heterocycles. The van der Waals surface area contributed by atoms with Crippen molar-refractivity contribution < 1.29 is 13.2 Å². The van der Waals surface area contributed by atoms with Gasteiger partial charge in [0.05, 0.1) is 5.56 Å². The van der Waals surface area contributed by atoms with Gasteiger partial charge in [0.25, 0.3) is 0 Å². The van der Waals surface area contributed by atoms with E-state index in [1.54, 1.807) is 24.3 Å². The molecule has 0 unspecified atom stereocenters. The lowest BCUT2D eigenvalue weighted by molar-refractivity contribution is -0.136. The first-order chi connectivity index (χ1) is 8.88. The Morgan fingerprint density at radius 2 is 1.74 bits per heavy atom. The molecule has 0 radical (unpaired) electrons. The van der Waals surface area contributed by atoms with Crippen LogP contribution in [0, 0.1) is 0 Å². The number of rotatable bonds is 0. The van der Waals surface area contributed by atoms with E-state index < -0.39 is 11.7 Å². The Morgan fingerprint density at radius 3 is 2.42 bits per heavy atom. The summed E-state index contributed by atoms with van der Waals surface area (Å²) in [6.07, 6.45) is -4.39. The van der Waals surface area contributed by atoms with Crippen molar-refractivity contribution in [3.05, 3.63) is 45.4 Å². The Morgan fingerprint density at radius 1 is 1.05 bits per heavy atom. The summed E-state index contributed by atoms with van der Waals surface area (Å²) < 4.78 is 40.5. The largest absolute Gasteiger partial charge is 0.418 e. The Labute approximate surface area is 123 Å². The molecule has 98 valence electrons. The maximum absolute atomic E-state index is 13.1. The normalized spacial score (nSPS) is 12.5. The van der Waals surface area contributed by atoms with Crippen LogP contribution in [-0.4, -0.2) is 0 Å². The van der Waals surface area contributed by atoms with Crippen LogP contribution in [0.15, 0.2) is 34.8 Å². The molecule has 3 aromatic rings. The molecule has 0 amide bonds. The van der Waals surface area contributed by atoms with Gasteiger partial charge >= 0.3 is 6.18 Å². The average Bonchev–Trinajstić information content (AvgIpc) is 2.63. The minimum atomic E-state index is -4.39. The molecule has 1 aromatic heterocycles. The molecule has 0 N–H and O–H groups in total. The number of hydrogen-bond acceptors (Lipinski definition) is 1. The number of thiophene rings is 1. The zero-order chi connectivity index (χ0) is 13.8. The van der Waals surface area contributed by atoms with Crippen molar-refractivity contribution in [2.24, 2.45) is 0 Å². The first-order valence-corrected chi connectivity index (χ1v) is 7.24. The summed E-state index contributed by atoms with van der Waals surface area (Å²) >= 11 is 9.98. The molecule has 0 saturated carbocycles. The maximum atomic E-state index is 13.1. The number of benzene rings is 2. The SMILES string of the molecule is FC(F)(F)c1c(Br)ccc2c1sc1cc(Cl)ccc12. The van der Waals surface area contributed by atoms with E-state index in [9.17, 15) is 13.2 Å². The fourth-order valence-corrected chi connectivity index (χ4v) is 4.29. The highest BCUT2D eigenvalue weighted by molar-refractivity contribution is 9.10. The molecular formula is C13H5BrClF3S. The number of alkyl halides is 3. The lowest BCUT2D eigenvalue weighted by Gasteiger charge is -2.09. The van der Waals surface area contributed by atoms with Crippen LogP contribution in [0.4, 0.5) is 13.2 Å². The van der Waals surface area contributed by atoms with Gasteiger partial charge in [0, 0.05) is 29.7 Å². The van der Waals surface area contributed by atoms with Gasteiger partial charge < -0.3 is 0 Å². The van der Waals surface area contributed by atoms with E-state index in [1.165, 1.54) is 6.07 Å². The van der Waals surface area contributed by atoms with Crippen molar-refractivity contribution in [1.82, 2.24) is 0 Å². The number of fused-ring (bicyclic) bond motifs is 3.